The fourth-order valence-corrected chi connectivity index (χ4v) is 1.96. The van der Waals surface area contributed by atoms with Crippen molar-refractivity contribution in [3.63, 3.8) is 0 Å². The molecule has 1 aromatic carbocycles. The van der Waals surface area contributed by atoms with Gasteiger partial charge in [-0.25, -0.2) is 5.43 Å². The van der Waals surface area contributed by atoms with Crippen LogP contribution in [0.2, 0.25) is 5.02 Å². The Hall–Kier alpha value is -2.44. The highest BCUT2D eigenvalue weighted by molar-refractivity contribution is 6.30. The normalized spacial score (nSPS) is 10.9. The van der Waals surface area contributed by atoms with Crippen molar-refractivity contribution in [2.45, 2.75) is 13.5 Å². The van der Waals surface area contributed by atoms with Gasteiger partial charge in [-0.1, -0.05) is 17.7 Å². The maximum Gasteiger partial charge on any atom is 0.271 e. The number of aromatic nitrogens is 1. The van der Waals surface area contributed by atoms with Crippen molar-refractivity contribution in [3.05, 3.63) is 57.9 Å². The van der Waals surface area contributed by atoms with Gasteiger partial charge in [0.25, 0.3) is 5.91 Å². The van der Waals surface area contributed by atoms with Crippen LogP contribution in [-0.4, -0.2) is 27.3 Å². The van der Waals surface area contributed by atoms with Crippen LogP contribution in [0.15, 0.2) is 35.6 Å². The summed E-state index contributed by atoms with van der Waals surface area (Å²) in [5.74, 6) is -0.526. The van der Waals surface area contributed by atoms with E-state index in [0.717, 1.165) is 0 Å². The van der Waals surface area contributed by atoms with Crippen molar-refractivity contribution in [1.82, 2.24) is 10.4 Å². The number of hydrogen-bond acceptors (Lipinski definition) is 5. The molecule has 0 bridgehead atoms. The van der Waals surface area contributed by atoms with E-state index in [-0.39, 0.29) is 12.4 Å². The van der Waals surface area contributed by atoms with Crippen molar-refractivity contribution in [2.24, 2.45) is 5.10 Å². The molecule has 0 radical (unpaired) electrons. The molecule has 22 heavy (non-hydrogen) atoms. The predicted molar refractivity (Wildman–Crippen MR) is 83.1 cm³/mol. The van der Waals surface area contributed by atoms with Gasteiger partial charge in [0.05, 0.1) is 18.5 Å². The van der Waals surface area contributed by atoms with Crippen LogP contribution in [0.25, 0.3) is 0 Å². The Morgan fingerprint density at radius 1 is 1.50 bits per heavy atom. The van der Waals surface area contributed by atoms with Crippen LogP contribution in [0.4, 0.5) is 0 Å². The molecule has 0 atom stereocenters. The van der Waals surface area contributed by atoms with E-state index in [2.05, 4.69) is 15.5 Å². The van der Waals surface area contributed by atoms with Gasteiger partial charge in [0, 0.05) is 27.9 Å². The molecular formula is C15H14ClN3O3. The monoisotopic (exact) mass is 319 g/mol. The molecule has 2 rings (SSSR count). The number of carbonyl (C=O) groups excluding carboxylic acids is 1. The highest BCUT2D eigenvalue weighted by Crippen LogP contribution is 2.21. The Bertz CT molecular complexity index is 732. The fourth-order valence-electron chi connectivity index (χ4n) is 1.77. The Labute approximate surface area is 132 Å². The second kappa shape index (κ2) is 7.02. The lowest BCUT2D eigenvalue weighted by Crippen LogP contribution is -2.17. The number of aryl methyl sites for hydroxylation is 1. The van der Waals surface area contributed by atoms with Gasteiger partial charge in [-0.3, -0.25) is 9.78 Å². The van der Waals surface area contributed by atoms with Gasteiger partial charge in [0.15, 0.2) is 0 Å². The van der Waals surface area contributed by atoms with Crippen LogP contribution in [0.3, 0.4) is 0 Å². The number of pyridine rings is 1. The van der Waals surface area contributed by atoms with Gasteiger partial charge < -0.3 is 10.2 Å². The first-order valence-electron chi connectivity index (χ1n) is 6.40. The van der Waals surface area contributed by atoms with E-state index in [1.807, 2.05) is 0 Å². The number of benzene rings is 1. The van der Waals surface area contributed by atoms with Gasteiger partial charge in [0.2, 0.25) is 0 Å². The highest BCUT2D eigenvalue weighted by atomic mass is 35.5. The smallest absolute Gasteiger partial charge is 0.271 e. The van der Waals surface area contributed by atoms with Crippen molar-refractivity contribution >= 4 is 23.7 Å². The van der Waals surface area contributed by atoms with Gasteiger partial charge in [0.1, 0.15) is 5.75 Å². The lowest BCUT2D eigenvalue weighted by atomic mass is 10.1. The molecule has 0 spiro atoms. The number of nitrogens with zero attached hydrogens (tertiary/aromatic N) is 2. The molecule has 1 amide bonds. The lowest BCUT2D eigenvalue weighted by Gasteiger charge is -2.07. The van der Waals surface area contributed by atoms with Gasteiger partial charge in [-0.15, -0.1) is 0 Å². The number of nitrogens with one attached hydrogen (secondary N) is 1. The predicted octanol–water partition coefficient (Wildman–Crippen LogP) is 2.01. The maximum atomic E-state index is 11.9. The molecule has 114 valence electrons. The summed E-state index contributed by atoms with van der Waals surface area (Å²) in [5.41, 5.74) is 3.81. The van der Waals surface area contributed by atoms with Crippen molar-refractivity contribution in [2.75, 3.05) is 0 Å². The number of hydrogen-bond donors (Lipinski definition) is 3. The zero-order valence-electron chi connectivity index (χ0n) is 11.7. The molecule has 6 nitrogen and oxygen atoms in total. The summed E-state index contributed by atoms with van der Waals surface area (Å²) >= 11 is 5.81. The molecule has 1 heterocycles. The van der Waals surface area contributed by atoms with E-state index < -0.39 is 5.91 Å². The molecular weight excluding hydrogens is 306 g/mol. The van der Waals surface area contributed by atoms with E-state index in [1.165, 1.54) is 18.5 Å². The van der Waals surface area contributed by atoms with Crippen molar-refractivity contribution in [1.29, 1.82) is 0 Å². The zero-order chi connectivity index (χ0) is 16.1. The topological polar surface area (TPSA) is 94.8 Å². The fraction of sp³-hybridized carbons (Fsp3) is 0.133. The molecule has 0 fully saturated rings. The van der Waals surface area contributed by atoms with Gasteiger partial charge >= 0.3 is 0 Å². The van der Waals surface area contributed by atoms with Gasteiger partial charge in [-0.2, -0.15) is 5.10 Å². The third-order valence-corrected chi connectivity index (χ3v) is 3.21. The summed E-state index contributed by atoms with van der Waals surface area (Å²) in [6.45, 7) is 1.32. The first-order chi connectivity index (χ1) is 10.5. The third-order valence-electron chi connectivity index (χ3n) is 2.97. The van der Waals surface area contributed by atoms with Crippen molar-refractivity contribution in [3.8, 4) is 5.75 Å². The summed E-state index contributed by atoms with van der Waals surface area (Å²) in [4.78, 5) is 15.8. The number of amides is 1. The molecule has 1 aromatic heterocycles. The summed E-state index contributed by atoms with van der Waals surface area (Å²) in [6, 6.07) is 6.43. The maximum absolute atomic E-state index is 11.9. The number of hydrazone groups is 1. The lowest BCUT2D eigenvalue weighted by molar-refractivity contribution is 0.0955. The Balaban J connectivity index is 2.16. The first kappa shape index (κ1) is 15.9. The Morgan fingerprint density at radius 3 is 2.95 bits per heavy atom. The van der Waals surface area contributed by atoms with E-state index in [0.29, 0.717) is 27.4 Å². The van der Waals surface area contributed by atoms with E-state index >= 15 is 0 Å². The highest BCUT2D eigenvalue weighted by Gasteiger charge is 2.10. The molecule has 0 aliphatic heterocycles. The van der Waals surface area contributed by atoms with Crippen LogP contribution in [-0.2, 0) is 6.61 Å². The summed E-state index contributed by atoms with van der Waals surface area (Å²) in [5, 5.41) is 23.4. The molecule has 0 aliphatic carbocycles. The largest absolute Gasteiger partial charge is 0.505 e. The average molecular weight is 320 g/mol. The number of rotatable bonds is 4. The molecule has 2 aromatic rings. The minimum atomic E-state index is -0.436. The minimum absolute atomic E-state index is 0.0905. The van der Waals surface area contributed by atoms with Crippen LogP contribution in [0.5, 0.6) is 5.75 Å². The third kappa shape index (κ3) is 3.60. The SMILES string of the molecule is Cc1ncc(CO)c(/C=N/NC(=O)c2cccc(Cl)c2)c1O. The van der Waals surface area contributed by atoms with Crippen LogP contribution in [0.1, 0.15) is 27.2 Å². The van der Waals surface area contributed by atoms with Crippen LogP contribution >= 0.6 is 11.6 Å². The van der Waals surface area contributed by atoms with E-state index in [4.69, 9.17) is 11.6 Å². The number of aliphatic hydroxyl groups excluding tert-OH is 1. The summed E-state index contributed by atoms with van der Waals surface area (Å²) in [7, 11) is 0. The number of carbonyl (C=O) groups is 1. The molecule has 0 saturated heterocycles. The van der Waals surface area contributed by atoms with Gasteiger partial charge in [-0.05, 0) is 25.1 Å². The van der Waals surface area contributed by atoms with Crippen molar-refractivity contribution < 1.29 is 15.0 Å². The number of halogens is 1. The Morgan fingerprint density at radius 2 is 2.27 bits per heavy atom. The quantitative estimate of drug-likeness (QED) is 0.593. The molecule has 0 aliphatic rings. The number of aromatic hydroxyl groups is 1. The standard InChI is InChI=1S/C15H14ClN3O3/c1-9-14(21)13(11(8-20)6-17-9)7-18-19-15(22)10-3-2-4-12(16)5-10/h2-7,20-21H,8H2,1H3,(H,19,22)/b18-7+. The Kier molecular flexibility index (Phi) is 5.08. The second-order valence-electron chi connectivity index (χ2n) is 4.50. The zero-order valence-corrected chi connectivity index (χ0v) is 12.5. The first-order valence-corrected chi connectivity index (χ1v) is 6.78. The van der Waals surface area contributed by atoms with Crippen LogP contribution in [0, 0.1) is 6.92 Å². The van der Waals surface area contributed by atoms with Crippen LogP contribution < -0.4 is 5.43 Å². The molecule has 0 unspecified atom stereocenters. The minimum Gasteiger partial charge on any atom is -0.505 e. The molecule has 3 N–H and O–H groups in total. The summed E-state index contributed by atoms with van der Waals surface area (Å²) < 4.78 is 0. The van der Waals surface area contributed by atoms with E-state index in [9.17, 15) is 15.0 Å². The second-order valence-corrected chi connectivity index (χ2v) is 4.94. The van der Waals surface area contributed by atoms with E-state index in [1.54, 1.807) is 25.1 Å². The molecule has 7 heteroatoms. The average Bonchev–Trinajstić information content (AvgIpc) is 2.51. The molecule has 0 saturated carbocycles. The summed E-state index contributed by atoms with van der Waals surface area (Å²) in [6.07, 6.45) is 2.70. The number of aliphatic hydroxyl groups is 1.